The number of nitrogens with zero attached hydrogens (tertiary/aromatic N) is 2. The normalized spacial score (nSPS) is 14.8. The van der Waals surface area contributed by atoms with Crippen LogP contribution in [0, 0.1) is 0 Å². The number of hydrogen-bond acceptors (Lipinski definition) is 4. The summed E-state index contributed by atoms with van der Waals surface area (Å²) in [5.41, 5.74) is 2.62. The van der Waals surface area contributed by atoms with Gasteiger partial charge in [-0.1, -0.05) is 11.6 Å². The van der Waals surface area contributed by atoms with Crippen molar-refractivity contribution in [3.05, 3.63) is 58.4 Å². The van der Waals surface area contributed by atoms with Crippen LogP contribution in [-0.2, 0) is 4.79 Å². The SMILES string of the molecule is CCOc1ccc(-c2ccc(=O)n(C(C)C(=O)NCCC3=CCCCC3)n2)cc1. The fraction of sp³-hybridized carbons (Fsp3) is 0.435. The number of nitrogens with one attached hydrogen (secondary N) is 1. The lowest BCUT2D eigenvalue weighted by Crippen LogP contribution is -2.37. The van der Waals surface area contributed by atoms with Gasteiger partial charge in [-0.2, -0.15) is 5.10 Å². The minimum absolute atomic E-state index is 0.195. The topological polar surface area (TPSA) is 73.2 Å². The largest absolute Gasteiger partial charge is 0.494 e. The number of hydrogen-bond donors (Lipinski definition) is 1. The predicted octanol–water partition coefficient (Wildman–Crippen LogP) is 3.88. The van der Waals surface area contributed by atoms with Gasteiger partial charge in [0.2, 0.25) is 5.91 Å². The zero-order valence-corrected chi connectivity index (χ0v) is 17.2. The third-order valence-electron chi connectivity index (χ3n) is 5.16. The second kappa shape index (κ2) is 10.0. The van der Waals surface area contributed by atoms with E-state index in [1.807, 2.05) is 31.2 Å². The molecule has 0 saturated heterocycles. The molecule has 0 radical (unpaired) electrons. The van der Waals surface area contributed by atoms with E-state index in [1.54, 1.807) is 13.0 Å². The molecule has 0 bridgehead atoms. The molecule has 154 valence electrons. The van der Waals surface area contributed by atoms with Crippen molar-refractivity contribution in [3.63, 3.8) is 0 Å². The lowest BCUT2D eigenvalue weighted by Gasteiger charge is -2.16. The minimum Gasteiger partial charge on any atom is -0.494 e. The first-order valence-corrected chi connectivity index (χ1v) is 10.4. The summed E-state index contributed by atoms with van der Waals surface area (Å²) in [5.74, 6) is 0.588. The predicted molar refractivity (Wildman–Crippen MR) is 114 cm³/mol. The molecule has 1 amide bonds. The molecule has 1 unspecified atom stereocenters. The summed E-state index contributed by atoms with van der Waals surface area (Å²) in [6.45, 7) is 4.82. The molecular weight excluding hydrogens is 366 g/mol. The molecule has 1 heterocycles. The van der Waals surface area contributed by atoms with Gasteiger partial charge >= 0.3 is 0 Å². The monoisotopic (exact) mass is 395 g/mol. The number of carbonyl (C=O) groups excluding carboxylic acids is 1. The van der Waals surface area contributed by atoms with Crippen molar-refractivity contribution in [1.82, 2.24) is 15.1 Å². The van der Waals surface area contributed by atoms with Crippen molar-refractivity contribution in [2.75, 3.05) is 13.2 Å². The molecule has 0 spiro atoms. The summed E-state index contributed by atoms with van der Waals surface area (Å²) < 4.78 is 6.71. The number of ether oxygens (including phenoxy) is 1. The van der Waals surface area contributed by atoms with Gasteiger partial charge < -0.3 is 10.1 Å². The van der Waals surface area contributed by atoms with E-state index in [0.29, 0.717) is 18.8 Å². The first-order chi connectivity index (χ1) is 14.1. The van der Waals surface area contributed by atoms with Gasteiger partial charge in [0.1, 0.15) is 11.8 Å². The molecule has 29 heavy (non-hydrogen) atoms. The summed E-state index contributed by atoms with van der Waals surface area (Å²) in [5, 5.41) is 7.37. The van der Waals surface area contributed by atoms with E-state index >= 15 is 0 Å². The molecule has 1 aliphatic rings. The quantitative estimate of drug-likeness (QED) is 0.689. The van der Waals surface area contributed by atoms with Crippen molar-refractivity contribution in [3.8, 4) is 17.0 Å². The summed E-state index contributed by atoms with van der Waals surface area (Å²) in [4.78, 5) is 24.9. The Morgan fingerprint density at radius 2 is 2.00 bits per heavy atom. The van der Waals surface area contributed by atoms with Crippen LogP contribution in [-0.4, -0.2) is 28.8 Å². The van der Waals surface area contributed by atoms with E-state index in [2.05, 4.69) is 16.5 Å². The fourth-order valence-electron chi connectivity index (χ4n) is 3.48. The molecule has 1 atom stereocenters. The Kier molecular flexibility index (Phi) is 7.22. The van der Waals surface area contributed by atoms with E-state index in [9.17, 15) is 9.59 Å². The van der Waals surface area contributed by atoms with Gasteiger partial charge in [0, 0.05) is 18.2 Å². The molecule has 2 aromatic rings. The van der Waals surface area contributed by atoms with Gasteiger partial charge in [-0.3, -0.25) is 9.59 Å². The van der Waals surface area contributed by atoms with Gasteiger partial charge in [-0.25, -0.2) is 4.68 Å². The maximum absolute atomic E-state index is 12.6. The molecule has 1 aliphatic carbocycles. The number of allylic oxidation sites excluding steroid dienone is 1. The molecule has 1 N–H and O–H groups in total. The van der Waals surface area contributed by atoms with Gasteiger partial charge in [-0.15, -0.1) is 0 Å². The summed E-state index contributed by atoms with van der Waals surface area (Å²) in [6, 6.07) is 9.98. The Labute approximate surface area is 171 Å². The molecule has 0 saturated carbocycles. The van der Waals surface area contributed by atoms with Gasteiger partial charge in [0.15, 0.2) is 0 Å². The second-order valence-corrected chi connectivity index (χ2v) is 7.28. The van der Waals surface area contributed by atoms with Crippen LogP contribution < -0.4 is 15.6 Å². The van der Waals surface area contributed by atoms with Crippen LogP contribution in [0.2, 0.25) is 0 Å². The maximum Gasteiger partial charge on any atom is 0.267 e. The van der Waals surface area contributed by atoms with Crippen LogP contribution in [0.5, 0.6) is 5.75 Å². The molecule has 0 fully saturated rings. The van der Waals surface area contributed by atoms with E-state index < -0.39 is 6.04 Å². The molecule has 6 nitrogen and oxygen atoms in total. The van der Waals surface area contributed by atoms with Crippen molar-refractivity contribution in [2.24, 2.45) is 0 Å². The highest BCUT2D eigenvalue weighted by Crippen LogP contribution is 2.21. The highest BCUT2D eigenvalue weighted by Gasteiger charge is 2.18. The van der Waals surface area contributed by atoms with Crippen molar-refractivity contribution >= 4 is 5.91 Å². The number of aromatic nitrogens is 2. The van der Waals surface area contributed by atoms with E-state index in [1.165, 1.54) is 29.2 Å². The third-order valence-corrected chi connectivity index (χ3v) is 5.16. The van der Waals surface area contributed by atoms with E-state index in [0.717, 1.165) is 30.6 Å². The zero-order chi connectivity index (χ0) is 20.6. The number of amides is 1. The van der Waals surface area contributed by atoms with Crippen LogP contribution >= 0.6 is 0 Å². The first kappa shape index (κ1) is 20.8. The lowest BCUT2D eigenvalue weighted by molar-refractivity contribution is -0.124. The Morgan fingerprint density at radius 1 is 1.21 bits per heavy atom. The van der Waals surface area contributed by atoms with Crippen LogP contribution in [0.4, 0.5) is 0 Å². The average molecular weight is 396 g/mol. The van der Waals surface area contributed by atoms with Crippen molar-refractivity contribution in [2.45, 2.75) is 52.0 Å². The highest BCUT2D eigenvalue weighted by molar-refractivity contribution is 5.79. The Balaban J connectivity index is 1.67. The summed E-state index contributed by atoms with van der Waals surface area (Å²) in [6.07, 6.45) is 7.90. The molecule has 0 aliphatic heterocycles. The van der Waals surface area contributed by atoms with Crippen molar-refractivity contribution < 1.29 is 9.53 Å². The zero-order valence-electron chi connectivity index (χ0n) is 17.2. The Bertz CT molecular complexity index is 916. The standard InChI is InChI=1S/C23H29N3O3/c1-3-29-20-11-9-19(10-12-20)21-13-14-22(27)26(25-21)17(2)23(28)24-16-15-18-7-5-4-6-8-18/h7,9-14,17H,3-6,8,15-16H2,1-2H3,(H,24,28). The molecule has 1 aromatic carbocycles. The van der Waals surface area contributed by atoms with Crippen LogP contribution in [0.25, 0.3) is 11.3 Å². The van der Waals surface area contributed by atoms with Crippen LogP contribution in [0.1, 0.15) is 52.0 Å². The molecular formula is C23H29N3O3. The highest BCUT2D eigenvalue weighted by atomic mass is 16.5. The molecule has 3 rings (SSSR count). The fourth-order valence-corrected chi connectivity index (χ4v) is 3.48. The first-order valence-electron chi connectivity index (χ1n) is 10.4. The van der Waals surface area contributed by atoms with Gasteiger partial charge in [0.05, 0.1) is 12.3 Å². The number of rotatable bonds is 8. The molecule has 1 aromatic heterocycles. The number of carbonyl (C=O) groups is 1. The average Bonchev–Trinajstić information content (AvgIpc) is 2.75. The Hall–Kier alpha value is -2.89. The van der Waals surface area contributed by atoms with Crippen LogP contribution in [0.15, 0.2) is 52.8 Å². The second-order valence-electron chi connectivity index (χ2n) is 7.28. The van der Waals surface area contributed by atoms with Gasteiger partial charge in [-0.05, 0) is 76.3 Å². The maximum atomic E-state index is 12.6. The van der Waals surface area contributed by atoms with Crippen LogP contribution in [0.3, 0.4) is 0 Å². The van der Waals surface area contributed by atoms with E-state index in [4.69, 9.17) is 4.74 Å². The number of benzene rings is 1. The van der Waals surface area contributed by atoms with Gasteiger partial charge in [0.25, 0.3) is 5.56 Å². The lowest BCUT2D eigenvalue weighted by atomic mass is 9.97. The van der Waals surface area contributed by atoms with Crippen molar-refractivity contribution in [1.29, 1.82) is 0 Å². The summed E-state index contributed by atoms with van der Waals surface area (Å²) in [7, 11) is 0. The summed E-state index contributed by atoms with van der Waals surface area (Å²) >= 11 is 0. The Morgan fingerprint density at radius 3 is 2.69 bits per heavy atom. The molecule has 6 heteroatoms. The third kappa shape index (κ3) is 5.56. The smallest absolute Gasteiger partial charge is 0.267 e. The van der Waals surface area contributed by atoms with E-state index in [-0.39, 0.29) is 11.5 Å². The minimum atomic E-state index is -0.675.